The van der Waals surface area contributed by atoms with E-state index in [0.29, 0.717) is 29.2 Å². The van der Waals surface area contributed by atoms with E-state index in [1.54, 1.807) is 45.4 Å². The van der Waals surface area contributed by atoms with Crippen molar-refractivity contribution in [1.82, 2.24) is 0 Å². The van der Waals surface area contributed by atoms with Gasteiger partial charge in [0.25, 0.3) is 0 Å². The molecule has 1 aliphatic rings. The molecule has 0 fully saturated rings. The highest BCUT2D eigenvalue weighted by Crippen LogP contribution is 2.33. The maximum absolute atomic E-state index is 12.4. The predicted molar refractivity (Wildman–Crippen MR) is 107 cm³/mol. The van der Waals surface area contributed by atoms with Crippen LogP contribution in [-0.4, -0.2) is 38.5 Å². The highest BCUT2D eigenvalue weighted by molar-refractivity contribution is 6.05. The molecule has 7 nitrogen and oxygen atoms in total. The molecule has 152 valence electrons. The summed E-state index contributed by atoms with van der Waals surface area (Å²) >= 11 is 0. The number of esters is 1. The van der Waals surface area contributed by atoms with Crippen molar-refractivity contribution in [2.45, 2.75) is 25.7 Å². The second-order valence-corrected chi connectivity index (χ2v) is 6.75. The number of anilines is 1. The van der Waals surface area contributed by atoms with Gasteiger partial charge in [-0.2, -0.15) is 0 Å². The van der Waals surface area contributed by atoms with Gasteiger partial charge in [-0.05, 0) is 48.7 Å². The van der Waals surface area contributed by atoms with Gasteiger partial charge < -0.3 is 19.5 Å². The number of methoxy groups -OCH3 is 2. The van der Waals surface area contributed by atoms with Gasteiger partial charge >= 0.3 is 5.97 Å². The number of nitrogens with one attached hydrogen (secondary N) is 1. The molecule has 0 unspecified atom stereocenters. The summed E-state index contributed by atoms with van der Waals surface area (Å²) in [6, 6.07) is 10.4. The van der Waals surface area contributed by atoms with Crippen LogP contribution in [0.25, 0.3) is 0 Å². The Morgan fingerprint density at radius 2 is 1.90 bits per heavy atom. The molecule has 0 aromatic heterocycles. The monoisotopic (exact) mass is 397 g/mol. The Kier molecular flexibility index (Phi) is 6.16. The zero-order valence-electron chi connectivity index (χ0n) is 16.6. The fraction of sp³-hybridized carbons (Fsp3) is 0.318. The van der Waals surface area contributed by atoms with Crippen molar-refractivity contribution in [3.8, 4) is 11.5 Å². The number of amides is 1. The Bertz CT molecular complexity index is 952. The molecule has 0 bridgehead atoms. The third-order valence-corrected chi connectivity index (χ3v) is 4.94. The minimum Gasteiger partial charge on any atom is -0.493 e. The lowest BCUT2D eigenvalue weighted by Gasteiger charge is -2.12. The third kappa shape index (κ3) is 4.39. The summed E-state index contributed by atoms with van der Waals surface area (Å²) in [7, 11) is 3.09. The van der Waals surface area contributed by atoms with Crippen molar-refractivity contribution >= 4 is 23.3 Å². The Balaban J connectivity index is 1.55. The lowest BCUT2D eigenvalue weighted by molar-refractivity contribution is -0.142. The molecule has 1 heterocycles. The molecule has 0 radical (unpaired) electrons. The minimum atomic E-state index is -0.477. The average molecular weight is 397 g/mol. The van der Waals surface area contributed by atoms with Crippen molar-refractivity contribution in [1.29, 1.82) is 0 Å². The summed E-state index contributed by atoms with van der Waals surface area (Å²) in [6.45, 7) is 1.44. The summed E-state index contributed by atoms with van der Waals surface area (Å²) in [5.41, 5.74) is 2.72. The number of rotatable bonds is 8. The van der Waals surface area contributed by atoms with Gasteiger partial charge in [0.1, 0.15) is 0 Å². The fourth-order valence-electron chi connectivity index (χ4n) is 3.28. The molecule has 1 atom stereocenters. The summed E-state index contributed by atoms with van der Waals surface area (Å²) < 4.78 is 15.7. The highest BCUT2D eigenvalue weighted by Gasteiger charge is 2.27. The summed E-state index contributed by atoms with van der Waals surface area (Å²) in [4.78, 5) is 36.2. The highest BCUT2D eigenvalue weighted by atomic mass is 16.5. The fourth-order valence-corrected chi connectivity index (χ4v) is 3.28. The van der Waals surface area contributed by atoms with Crippen molar-refractivity contribution in [2.75, 3.05) is 26.1 Å². The summed E-state index contributed by atoms with van der Waals surface area (Å²) in [6.07, 6.45) is 0.508. The van der Waals surface area contributed by atoms with Crippen LogP contribution in [0, 0.1) is 0 Å². The van der Waals surface area contributed by atoms with Crippen molar-refractivity contribution < 1.29 is 28.6 Å². The van der Waals surface area contributed by atoms with E-state index in [1.807, 2.05) is 12.1 Å². The van der Waals surface area contributed by atoms with Gasteiger partial charge in [-0.1, -0.05) is 12.1 Å². The summed E-state index contributed by atoms with van der Waals surface area (Å²) in [5, 5.41) is 2.76. The molecule has 3 rings (SSSR count). The van der Waals surface area contributed by atoms with Gasteiger partial charge in [0.2, 0.25) is 5.91 Å². The van der Waals surface area contributed by atoms with Crippen LogP contribution in [0.3, 0.4) is 0 Å². The van der Waals surface area contributed by atoms with Gasteiger partial charge in [0.15, 0.2) is 23.9 Å². The first-order valence-corrected chi connectivity index (χ1v) is 9.28. The molecular formula is C22H23NO6. The predicted octanol–water partition coefficient (Wildman–Crippen LogP) is 3.12. The van der Waals surface area contributed by atoms with Crippen molar-refractivity contribution in [3.05, 3.63) is 53.1 Å². The van der Waals surface area contributed by atoms with Crippen LogP contribution in [0.2, 0.25) is 0 Å². The van der Waals surface area contributed by atoms with Gasteiger partial charge in [-0.25, -0.2) is 0 Å². The number of aryl methyl sites for hydroxylation is 1. The number of ether oxygens (including phenoxy) is 3. The Hall–Kier alpha value is -3.35. The number of carbonyl (C=O) groups excluding carboxylic acids is 3. The van der Waals surface area contributed by atoms with E-state index in [9.17, 15) is 14.4 Å². The number of fused-ring (bicyclic) bond motifs is 1. The summed E-state index contributed by atoms with van der Waals surface area (Å²) in [5.74, 6) is -0.0231. The van der Waals surface area contributed by atoms with Crippen LogP contribution in [0.4, 0.5) is 5.69 Å². The Labute approximate surface area is 169 Å². The van der Waals surface area contributed by atoms with E-state index >= 15 is 0 Å². The van der Waals surface area contributed by atoms with Crippen LogP contribution < -0.4 is 14.8 Å². The molecule has 2 aromatic rings. The molecular weight excluding hydrogens is 374 g/mol. The van der Waals surface area contributed by atoms with Gasteiger partial charge in [0, 0.05) is 17.7 Å². The topological polar surface area (TPSA) is 90.9 Å². The number of Topliss-reactive ketones (excluding diaryl/α,β-unsaturated/α-hetero) is 1. The number of para-hydroxylation sites is 1. The maximum atomic E-state index is 12.4. The van der Waals surface area contributed by atoms with E-state index < -0.39 is 5.97 Å². The molecule has 1 aliphatic heterocycles. The van der Waals surface area contributed by atoms with Crippen LogP contribution in [-0.2, 0) is 20.7 Å². The SMILES string of the molecule is COc1cccc(CCC(=O)OCC(=O)c2ccc3c(c2)[C@@H](C)C(=O)N3)c1OC. The van der Waals surface area contributed by atoms with Gasteiger partial charge in [0.05, 0.1) is 20.1 Å². The molecule has 1 N–H and O–H groups in total. The van der Waals surface area contributed by atoms with E-state index in [4.69, 9.17) is 14.2 Å². The second kappa shape index (κ2) is 8.77. The lowest BCUT2D eigenvalue weighted by atomic mass is 9.99. The third-order valence-electron chi connectivity index (χ3n) is 4.94. The van der Waals surface area contributed by atoms with Gasteiger partial charge in [-0.3, -0.25) is 14.4 Å². The van der Waals surface area contributed by atoms with Crippen molar-refractivity contribution in [2.24, 2.45) is 0 Å². The second-order valence-electron chi connectivity index (χ2n) is 6.75. The average Bonchev–Trinajstić information content (AvgIpc) is 3.03. The van der Waals surface area contributed by atoms with Crippen LogP contribution in [0.5, 0.6) is 11.5 Å². The molecule has 1 amide bonds. The first-order chi connectivity index (χ1) is 13.9. The maximum Gasteiger partial charge on any atom is 0.306 e. The largest absolute Gasteiger partial charge is 0.493 e. The number of hydrogen-bond acceptors (Lipinski definition) is 6. The minimum absolute atomic E-state index is 0.0935. The van der Waals surface area contributed by atoms with E-state index in [0.717, 1.165) is 11.1 Å². The Morgan fingerprint density at radius 1 is 1.10 bits per heavy atom. The van der Waals surface area contributed by atoms with Crippen molar-refractivity contribution in [3.63, 3.8) is 0 Å². The van der Waals surface area contributed by atoms with E-state index in [2.05, 4.69) is 5.32 Å². The van der Waals surface area contributed by atoms with E-state index in [-0.39, 0.29) is 30.6 Å². The molecule has 0 saturated carbocycles. The standard InChI is InChI=1S/C22H23NO6/c1-13-16-11-15(7-9-17(16)23-22(13)26)18(24)12-29-20(25)10-8-14-5-4-6-19(27-2)21(14)28-3/h4-7,9,11,13H,8,10,12H2,1-3H3,(H,23,26)/t13-/m1/s1. The van der Waals surface area contributed by atoms with Crippen LogP contribution in [0.1, 0.15) is 40.7 Å². The van der Waals surface area contributed by atoms with Crippen LogP contribution >= 0.6 is 0 Å². The molecule has 29 heavy (non-hydrogen) atoms. The normalized spacial score (nSPS) is 14.7. The molecule has 2 aromatic carbocycles. The Morgan fingerprint density at radius 3 is 2.62 bits per heavy atom. The molecule has 0 saturated heterocycles. The molecule has 0 aliphatic carbocycles. The quantitative estimate of drug-likeness (QED) is 0.544. The number of ketones is 1. The number of carbonyl (C=O) groups is 3. The first kappa shape index (κ1) is 20.4. The zero-order chi connectivity index (χ0) is 21.0. The van der Waals surface area contributed by atoms with Gasteiger partial charge in [-0.15, -0.1) is 0 Å². The molecule has 7 heteroatoms. The van der Waals surface area contributed by atoms with E-state index in [1.165, 1.54) is 0 Å². The zero-order valence-corrected chi connectivity index (χ0v) is 16.6. The lowest BCUT2D eigenvalue weighted by Crippen LogP contribution is -2.15. The van der Waals surface area contributed by atoms with Crippen LogP contribution in [0.15, 0.2) is 36.4 Å². The molecule has 0 spiro atoms. The smallest absolute Gasteiger partial charge is 0.306 e. The first-order valence-electron chi connectivity index (χ1n) is 9.28. The number of hydrogen-bond donors (Lipinski definition) is 1. The number of benzene rings is 2.